The Hall–Kier alpha value is -2.56. The Morgan fingerprint density at radius 2 is 2.03 bits per heavy atom. The number of nitrogens with zero attached hydrogens (tertiary/aromatic N) is 3. The van der Waals surface area contributed by atoms with Crippen molar-refractivity contribution in [1.82, 2.24) is 14.8 Å². The largest absolute Gasteiger partial charge is 0.486 e. The quantitative estimate of drug-likeness (QED) is 0.275. The van der Waals surface area contributed by atoms with Crippen LogP contribution in [0.2, 0.25) is 5.02 Å². The van der Waals surface area contributed by atoms with Gasteiger partial charge in [-0.3, -0.25) is 4.79 Å². The average Bonchev–Trinajstić information content (AvgIpc) is 3.37. The maximum atomic E-state index is 12.8. The van der Waals surface area contributed by atoms with E-state index in [4.69, 9.17) is 21.1 Å². The van der Waals surface area contributed by atoms with E-state index < -0.39 is 0 Å². The number of halogens is 1. The first-order chi connectivity index (χ1) is 17.2. The zero-order valence-electron chi connectivity index (χ0n) is 20.7. The molecule has 0 saturated heterocycles. The molecular weight excluding hydrogens is 520 g/mol. The molecule has 11 heteroatoms. The Labute approximate surface area is 223 Å². The second-order valence-corrected chi connectivity index (χ2v) is 11.3. The molecule has 4 rings (SSSR count). The van der Waals surface area contributed by atoms with Crippen molar-refractivity contribution in [3.63, 3.8) is 0 Å². The van der Waals surface area contributed by atoms with Gasteiger partial charge in [0, 0.05) is 16.9 Å². The number of thioether (sulfide) groups is 1. The zero-order valence-corrected chi connectivity index (χ0v) is 23.1. The molecule has 1 amide bonds. The minimum Gasteiger partial charge on any atom is -0.486 e. The number of thiophene rings is 1. The minimum atomic E-state index is -0.374. The Balaban J connectivity index is 1.38. The molecule has 0 bridgehead atoms. The van der Waals surface area contributed by atoms with Gasteiger partial charge in [-0.25, -0.2) is 4.79 Å². The van der Waals surface area contributed by atoms with E-state index in [9.17, 15) is 9.59 Å². The van der Waals surface area contributed by atoms with Gasteiger partial charge in [0.05, 0.1) is 17.4 Å². The molecule has 192 valence electrons. The third kappa shape index (κ3) is 6.22. The van der Waals surface area contributed by atoms with Crippen LogP contribution in [-0.2, 0) is 36.0 Å². The van der Waals surface area contributed by atoms with Gasteiger partial charge in [0.15, 0.2) is 11.0 Å². The second-order valence-electron chi connectivity index (χ2n) is 8.86. The fraction of sp³-hybridized carbons (Fsp3) is 0.440. The normalized spacial score (nSPS) is 12.9. The molecule has 1 N–H and O–H groups in total. The third-order valence-electron chi connectivity index (χ3n) is 5.73. The van der Waals surface area contributed by atoms with Gasteiger partial charge in [-0.15, -0.1) is 21.5 Å². The molecule has 0 radical (unpaired) electrons. The van der Waals surface area contributed by atoms with Crippen LogP contribution in [0.4, 0.5) is 5.00 Å². The van der Waals surface area contributed by atoms with Crippen LogP contribution in [-0.4, -0.2) is 38.5 Å². The topological polar surface area (TPSA) is 95.3 Å². The van der Waals surface area contributed by atoms with Crippen LogP contribution < -0.4 is 10.1 Å². The number of ether oxygens (including phenoxy) is 2. The van der Waals surface area contributed by atoms with Gasteiger partial charge in [0.1, 0.15) is 17.4 Å². The fourth-order valence-corrected chi connectivity index (χ4v) is 6.03. The van der Waals surface area contributed by atoms with E-state index in [0.29, 0.717) is 32.3 Å². The average molecular weight is 549 g/mol. The molecular formula is C25H29ClN4O4S2. The lowest BCUT2D eigenvalue weighted by atomic mass is 9.95. The molecule has 2 aromatic heterocycles. The summed E-state index contributed by atoms with van der Waals surface area (Å²) in [4.78, 5) is 26.8. The summed E-state index contributed by atoms with van der Waals surface area (Å²) in [6, 6.07) is 5.46. The first-order valence-electron chi connectivity index (χ1n) is 11.8. The van der Waals surface area contributed by atoms with Crippen molar-refractivity contribution in [2.24, 2.45) is 7.05 Å². The molecule has 0 aliphatic heterocycles. The van der Waals surface area contributed by atoms with Crippen LogP contribution in [0, 0.1) is 6.92 Å². The van der Waals surface area contributed by atoms with Crippen molar-refractivity contribution in [2.45, 2.75) is 64.3 Å². The third-order valence-corrected chi connectivity index (χ3v) is 8.38. The standard InChI is InChI=1S/C25H29ClN4O4S2/c1-14(2)34-24(32)22-17-7-5-6-8-19(17)36-23(22)27-21(31)13-35-25-29-28-20(30(25)4)12-33-16-9-10-18(26)15(3)11-16/h9-11,14H,5-8,12-13H2,1-4H3,(H,27,31). The molecule has 8 nitrogen and oxygen atoms in total. The molecule has 1 aliphatic rings. The molecule has 0 atom stereocenters. The zero-order chi connectivity index (χ0) is 25.8. The van der Waals surface area contributed by atoms with Crippen molar-refractivity contribution in [3.05, 3.63) is 50.6 Å². The van der Waals surface area contributed by atoms with Crippen LogP contribution in [0.25, 0.3) is 0 Å². The predicted octanol–water partition coefficient (Wildman–Crippen LogP) is 5.59. The SMILES string of the molecule is Cc1cc(OCc2nnc(SCC(=O)Nc3sc4c(c3C(=O)OC(C)C)CCCC4)n2C)ccc1Cl. The molecule has 1 aromatic carbocycles. The highest BCUT2D eigenvalue weighted by atomic mass is 35.5. The van der Waals surface area contributed by atoms with Gasteiger partial charge >= 0.3 is 5.97 Å². The van der Waals surface area contributed by atoms with Crippen molar-refractivity contribution in [2.75, 3.05) is 11.1 Å². The molecule has 3 aromatic rings. The first-order valence-corrected chi connectivity index (χ1v) is 14.0. The predicted molar refractivity (Wildman–Crippen MR) is 142 cm³/mol. The number of hydrogen-bond donors (Lipinski definition) is 1. The number of amides is 1. The number of hydrogen-bond acceptors (Lipinski definition) is 8. The first kappa shape index (κ1) is 26.5. The number of anilines is 1. The van der Waals surface area contributed by atoms with E-state index >= 15 is 0 Å². The van der Waals surface area contributed by atoms with E-state index in [1.165, 1.54) is 23.1 Å². The number of carbonyl (C=O) groups is 2. The highest BCUT2D eigenvalue weighted by Crippen LogP contribution is 2.39. The number of benzene rings is 1. The maximum Gasteiger partial charge on any atom is 0.341 e. The molecule has 2 heterocycles. The smallest absolute Gasteiger partial charge is 0.341 e. The lowest BCUT2D eigenvalue weighted by Gasteiger charge is -2.14. The van der Waals surface area contributed by atoms with Crippen LogP contribution in [0.5, 0.6) is 5.75 Å². The Kier molecular flexibility index (Phi) is 8.58. The van der Waals surface area contributed by atoms with Gasteiger partial charge < -0.3 is 19.4 Å². The summed E-state index contributed by atoms with van der Waals surface area (Å²) in [6.07, 6.45) is 3.65. The summed E-state index contributed by atoms with van der Waals surface area (Å²) in [5, 5.41) is 13.2. The van der Waals surface area contributed by atoms with Gasteiger partial charge in [-0.1, -0.05) is 23.4 Å². The van der Waals surface area contributed by atoms with Crippen molar-refractivity contribution in [3.8, 4) is 5.75 Å². The van der Waals surface area contributed by atoms with E-state index in [-0.39, 0.29) is 30.3 Å². The van der Waals surface area contributed by atoms with Crippen molar-refractivity contribution in [1.29, 1.82) is 0 Å². The number of aryl methyl sites for hydroxylation is 2. The Bertz CT molecular complexity index is 1270. The lowest BCUT2D eigenvalue weighted by molar-refractivity contribution is -0.113. The number of esters is 1. The second kappa shape index (κ2) is 11.7. The van der Waals surface area contributed by atoms with Crippen molar-refractivity contribution < 1.29 is 19.1 Å². The van der Waals surface area contributed by atoms with E-state index in [1.54, 1.807) is 16.7 Å². The Morgan fingerprint density at radius 3 is 2.78 bits per heavy atom. The Morgan fingerprint density at radius 1 is 1.25 bits per heavy atom. The molecule has 0 fully saturated rings. The monoisotopic (exact) mass is 548 g/mol. The molecule has 0 spiro atoms. The number of aromatic nitrogens is 3. The minimum absolute atomic E-state index is 0.129. The number of carbonyl (C=O) groups excluding carboxylic acids is 2. The van der Waals surface area contributed by atoms with Gasteiger partial charge in [-0.2, -0.15) is 0 Å². The van der Waals surface area contributed by atoms with Crippen molar-refractivity contribution >= 4 is 51.6 Å². The molecule has 0 saturated carbocycles. The van der Waals surface area contributed by atoms with Gasteiger partial charge in [0.25, 0.3) is 0 Å². The van der Waals surface area contributed by atoms with Gasteiger partial charge in [-0.05, 0) is 75.8 Å². The van der Waals surface area contributed by atoms with Crippen LogP contribution >= 0.6 is 34.7 Å². The summed E-state index contributed by atoms with van der Waals surface area (Å²) in [5.74, 6) is 0.870. The summed E-state index contributed by atoms with van der Waals surface area (Å²) in [7, 11) is 1.83. The van der Waals surface area contributed by atoms with E-state index in [2.05, 4.69) is 15.5 Å². The lowest BCUT2D eigenvalue weighted by Crippen LogP contribution is -2.19. The van der Waals surface area contributed by atoms with Gasteiger partial charge in [0.2, 0.25) is 5.91 Å². The highest BCUT2D eigenvalue weighted by molar-refractivity contribution is 7.99. The van der Waals surface area contributed by atoms with Crippen LogP contribution in [0.15, 0.2) is 23.4 Å². The molecule has 36 heavy (non-hydrogen) atoms. The van der Waals surface area contributed by atoms with E-state index in [1.807, 2.05) is 33.9 Å². The summed E-state index contributed by atoms with van der Waals surface area (Å²) >= 11 is 8.82. The summed E-state index contributed by atoms with van der Waals surface area (Å²) in [5.41, 5.74) is 2.47. The van der Waals surface area contributed by atoms with E-state index in [0.717, 1.165) is 41.7 Å². The maximum absolute atomic E-state index is 12.8. The summed E-state index contributed by atoms with van der Waals surface area (Å²) in [6.45, 7) is 5.79. The molecule has 0 unspecified atom stereocenters. The number of nitrogens with one attached hydrogen (secondary N) is 1. The number of rotatable bonds is 9. The summed E-state index contributed by atoms with van der Waals surface area (Å²) < 4.78 is 13.1. The fourth-order valence-electron chi connectivity index (χ4n) is 3.89. The highest BCUT2D eigenvalue weighted by Gasteiger charge is 2.28. The van der Waals surface area contributed by atoms with Crippen LogP contribution in [0.1, 0.15) is 58.9 Å². The number of fused-ring (bicyclic) bond motifs is 1. The van der Waals surface area contributed by atoms with Crippen LogP contribution in [0.3, 0.4) is 0 Å². The molecule has 1 aliphatic carbocycles.